The third-order valence-corrected chi connectivity index (χ3v) is 3.89. The molecule has 2 rings (SSSR count). The average Bonchev–Trinajstić information content (AvgIpc) is 2.39. The van der Waals surface area contributed by atoms with Gasteiger partial charge in [0.15, 0.2) is 0 Å². The van der Waals surface area contributed by atoms with Crippen molar-refractivity contribution in [2.45, 2.75) is 45.1 Å². The zero-order chi connectivity index (χ0) is 13.0. The molecule has 1 aliphatic carbocycles. The van der Waals surface area contributed by atoms with Crippen molar-refractivity contribution in [3.63, 3.8) is 0 Å². The molecule has 0 aromatic carbocycles. The third kappa shape index (κ3) is 3.36. The summed E-state index contributed by atoms with van der Waals surface area (Å²) < 4.78 is 0. The zero-order valence-corrected chi connectivity index (χ0v) is 11.4. The number of anilines is 1. The number of rotatable bonds is 3. The van der Waals surface area contributed by atoms with E-state index in [0.717, 1.165) is 11.7 Å². The molecular weight excluding hydrogens is 246 g/mol. The molecule has 1 fully saturated rings. The molecule has 0 atom stereocenters. The van der Waals surface area contributed by atoms with Crippen LogP contribution >= 0.6 is 11.6 Å². The summed E-state index contributed by atoms with van der Waals surface area (Å²) in [7, 11) is 0. The fraction of sp³-hybridized carbons (Fsp3) is 0.571. The molecule has 1 aliphatic rings. The monoisotopic (exact) mass is 263 g/mol. The third-order valence-electron chi connectivity index (χ3n) is 3.70. The van der Waals surface area contributed by atoms with E-state index >= 15 is 0 Å². The summed E-state index contributed by atoms with van der Waals surface area (Å²) in [6.07, 6.45) is 6.18. The van der Waals surface area contributed by atoms with Gasteiger partial charge in [-0.05, 0) is 43.7 Å². The van der Waals surface area contributed by atoms with Gasteiger partial charge in [0.1, 0.15) is 11.0 Å². The molecule has 0 bridgehead atoms. The Hall–Kier alpha value is -1.27. The lowest BCUT2D eigenvalue weighted by Gasteiger charge is -2.28. The standard InChI is InChI=1S/C14H18ClN3/c1-2-10-3-5-12(6-4-10)17-14-8-11(9-16)7-13(15)18-14/h7-8,10,12H,2-6H2,1H3,(H,17,18). The number of nitrogens with zero attached hydrogens (tertiary/aromatic N) is 2. The van der Waals surface area contributed by atoms with Gasteiger partial charge in [-0.3, -0.25) is 0 Å². The molecule has 4 heteroatoms. The molecule has 1 aromatic rings. The first-order valence-electron chi connectivity index (χ1n) is 6.55. The summed E-state index contributed by atoms with van der Waals surface area (Å²) in [6, 6.07) is 5.91. The topological polar surface area (TPSA) is 48.7 Å². The maximum atomic E-state index is 8.89. The van der Waals surface area contributed by atoms with Crippen LogP contribution in [0.5, 0.6) is 0 Å². The highest BCUT2D eigenvalue weighted by Crippen LogP contribution is 2.28. The SMILES string of the molecule is CCC1CCC(Nc2cc(C#N)cc(Cl)n2)CC1. The largest absolute Gasteiger partial charge is 0.367 e. The van der Waals surface area contributed by atoms with Gasteiger partial charge in [-0.15, -0.1) is 0 Å². The first-order valence-corrected chi connectivity index (χ1v) is 6.93. The number of halogens is 1. The lowest BCUT2D eigenvalue weighted by atomic mass is 9.84. The highest BCUT2D eigenvalue weighted by atomic mass is 35.5. The molecular formula is C14H18ClN3. The van der Waals surface area contributed by atoms with Gasteiger partial charge in [0, 0.05) is 6.04 Å². The summed E-state index contributed by atoms with van der Waals surface area (Å²) in [4.78, 5) is 4.22. The number of aromatic nitrogens is 1. The van der Waals surface area contributed by atoms with Crippen molar-refractivity contribution < 1.29 is 0 Å². The molecule has 0 saturated heterocycles. The van der Waals surface area contributed by atoms with E-state index in [1.807, 2.05) is 0 Å². The second kappa shape index (κ2) is 6.06. The maximum Gasteiger partial charge on any atom is 0.132 e. The predicted molar refractivity (Wildman–Crippen MR) is 73.6 cm³/mol. The van der Waals surface area contributed by atoms with Crippen molar-refractivity contribution in [3.8, 4) is 6.07 Å². The van der Waals surface area contributed by atoms with Crippen molar-refractivity contribution in [2.75, 3.05) is 5.32 Å². The van der Waals surface area contributed by atoms with Crippen LogP contribution in [0, 0.1) is 17.2 Å². The lowest BCUT2D eigenvalue weighted by molar-refractivity contribution is 0.330. The minimum Gasteiger partial charge on any atom is -0.367 e. The Bertz CT molecular complexity index is 445. The van der Waals surface area contributed by atoms with E-state index < -0.39 is 0 Å². The molecule has 0 amide bonds. The fourth-order valence-electron chi connectivity index (χ4n) is 2.56. The molecule has 1 heterocycles. The van der Waals surface area contributed by atoms with Crippen LogP contribution in [0.2, 0.25) is 5.15 Å². The van der Waals surface area contributed by atoms with E-state index in [4.69, 9.17) is 16.9 Å². The molecule has 0 radical (unpaired) electrons. The molecule has 1 saturated carbocycles. The Morgan fingerprint density at radius 3 is 2.72 bits per heavy atom. The number of nitriles is 1. The minimum atomic E-state index is 0.374. The van der Waals surface area contributed by atoms with Crippen molar-refractivity contribution in [2.24, 2.45) is 5.92 Å². The van der Waals surface area contributed by atoms with E-state index in [1.165, 1.54) is 32.1 Å². The molecule has 3 nitrogen and oxygen atoms in total. The van der Waals surface area contributed by atoms with Crippen molar-refractivity contribution in [1.82, 2.24) is 4.98 Å². The highest BCUT2D eigenvalue weighted by Gasteiger charge is 2.20. The van der Waals surface area contributed by atoms with Crippen LogP contribution in [0.4, 0.5) is 5.82 Å². The Balaban J connectivity index is 1.98. The van der Waals surface area contributed by atoms with Crippen molar-refractivity contribution in [3.05, 3.63) is 22.8 Å². The highest BCUT2D eigenvalue weighted by molar-refractivity contribution is 6.29. The summed E-state index contributed by atoms with van der Waals surface area (Å²) in [6.45, 7) is 2.26. The van der Waals surface area contributed by atoms with Crippen LogP contribution in [-0.4, -0.2) is 11.0 Å². The number of nitrogens with one attached hydrogen (secondary N) is 1. The van der Waals surface area contributed by atoms with Gasteiger partial charge < -0.3 is 5.32 Å². The number of hydrogen-bond acceptors (Lipinski definition) is 3. The molecule has 1 N–H and O–H groups in total. The molecule has 0 aliphatic heterocycles. The summed E-state index contributed by atoms with van der Waals surface area (Å²) in [5, 5.41) is 12.7. The maximum absolute atomic E-state index is 8.89. The van der Waals surface area contributed by atoms with Crippen LogP contribution in [0.15, 0.2) is 12.1 Å². The van der Waals surface area contributed by atoms with Crippen LogP contribution < -0.4 is 5.32 Å². The zero-order valence-electron chi connectivity index (χ0n) is 10.6. The summed E-state index contributed by atoms with van der Waals surface area (Å²) >= 11 is 5.89. The quantitative estimate of drug-likeness (QED) is 0.839. The van der Waals surface area contributed by atoms with Crippen LogP contribution in [0.1, 0.15) is 44.6 Å². The van der Waals surface area contributed by atoms with E-state index in [0.29, 0.717) is 16.8 Å². The second-order valence-corrected chi connectivity index (χ2v) is 5.33. The lowest BCUT2D eigenvalue weighted by Crippen LogP contribution is -2.26. The van der Waals surface area contributed by atoms with Gasteiger partial charge >= 0.3 is 0 Å². The first kappa shape index (κ1) is 13.2. The van der Waals surface area contributed by atoms with E-state index in [2.05, 4.69) is 23.3 Å². The first-order chi connectivity index (χ1) is 8.71. The molecule has 18 heavy (non-hydrogen) atoms. The van der Waals surface area contributed by atoms with Crippen LogP contribution in [0.25, 0.3) is 0 Å². The minimum absolute atomic E-state index is 0.374. The Morgan fingerprint density at radius 1 is 1.39 bits per heavy atom. The van der Waals surface area contributed by atoms with Gasteiger partial charge in [0.05, 0.1) is 11.6 Å². The van der Waals surface area contributed by atoms with E-state index in [9.17, 15) is 0 Å². The summed E-state index contributed by atoms with van der Waals surface area (Å²) in [5.74, 6) is 1.60. The molecule has 1 aromatic heterocycles. The van der Waals surface area contributed by atoms with E-state index in [1.54, 1.807) is 12.1 Å². The van der Waals surface area contributed by atoms with Gasteiger partial charge in [-0.25, -0.2) is 4.98 Å². The Labute approximate surface area is 113 Å². The molecule has 0 unspecified atom stereocenters. The van der Waals surface area contributed by atoms with Crippen LogP contribution in [0.3, 0.4) is 0 Å². The van der Waals surface area contributed by atoms with Gasteiger partial charge in [0.2, 0.25) is 0 Å². The van der Waals surface area contributed by atoms with Crippen molar-refractivity contribution in [1.29, 1.82) is 5.26 Å². The normalized spacial score (nSPS) is 23.4. The fourth-order valence-corrected chi connectivity index (χ4v) is 2.77. The van der Waals surface area contributed by atoms with Gasteiger partial charge in [0.25, 0.3) is 0 Å². The van der Waals surface area contributed by atoms with Crippen molar-refractivity contribution >= 4 is 17.4 Å². The smallest absolute Gasteiger partial charge is 0.132 e. The number of pyridine rings is 1. The Kier molecular flexibility index (Phi) is 4.43. The Morgan fingerprint density at radius 2 is 2.11 bits per heavy atom. The van der Waals surface area contributed by atoms with Crippen LogP contribution in [-0.2, 0) is 0 Å². The van der Waals surface area contributed by atoms with E-state index in [-0.39, 0.29) is 0 Å². The second-order valence-electron chi connectivity index (χ2n) is 4.95. The summed E-state index contributed by atoms with van der Waals surface area (Å²) in [5.41, 5.74) is 0.555. The molecule has 96 valence electrons. The predicted octanol–water partition coefficient (Wildman–Crippen LogP) is 3.99. The van der Waals surface area contributed by atoms with Gasteiger partial charge in [-0.2, -0.15) is 5.26 Å². The number of hydrogen-bond donors (Lipinski definition) is 1. The van der Waals surface area contributed by atoms with Gasteiger partial charge in [-0.1, -0.05) is 24.9 Å². The average molecular weight is 264 g/mol. The molecule has 0 spiro atoms.